The van der Waals surface area contributed by atoms with Gasteiger partial charge in [0, 0.05) is 42.4 Å². The van der Waals surface area contributed by atoms with Crippen molar-refractivity contribution in [3.05, 3.63) is 164 Å². The van der Waals surface area contributed by atoms with Gasteiger partial charge in [-0.1, -0.05) is 146 Å². The SMILES string of the molecule is c1ccc(-c2cc(-c3ccccc3)nc(-n3c4ccccc4c4c5sc(-c6ccccc6)c(-c6ccccc6)c5ccc43)n2)cc1. The molecule has 0 radical (unpaired) electrons. The van der Waals surface area contributed by atoms with Gasteiger partial charge in [0.15, 0.2) is 0 Å². The third kappa shape index (κ3) is 4.34. The van der Waals surface area contributed by atoms with Crippen molar-refractivity contribution in [2.75, 3.05) is 0 Å². The highest BCUT2D eigenvalue weighted by Crippen LogP contribution is 2.49. The average molecular weight is 606 g/mol. The van der Waals surface area contributed by atoms with Gasteiger partial charge < -0.3 is 0 Å². The lowest BCUT2D eigenvalue weighted by Gasteiger charge is -2.11. The van der Waals surface area contributed by atoms with E-state index in [4.69, 9.17) is 9.97 Å². The highest BCUT2D eigenvalue weighted by atomic mass is 32.1. The van der Waals surface area contributed by atoms with Crippen LogP contribution in [0.25, 0.3) is 81.9 Å². The number of rotatable bonds is 5. The van der Waals surface area contributed by atoms with Gasteiger partial charge in [0.1, 0.15) is 0 Å². The van der Waals surface area contributed by atoms with Gasteiger partial charge in [0.2, 0.25) is 5.95 Å². The van der Waals surface area contributed by atoms with E-state index in [1.165, 1.54) is 42.4 Å². The second kappa shape index (κ2) is 11.0. The number of thiophene rings is 1. The fourth-order valence-electron chi connectivity index (χ4n) is 6.55. The van der Waals surface area contributed by atoms with Gasteiger partial charge >= 0.3 is 0 Å². The molecule has 0 atom stereocenters. The Balaban J connectivity index is 1.38. The number of para-hydroxylation sites is 1. The molecule has 3 aromatic heterocycles. The summed E-state index contributed by atoms with van der Waals surface area (Å²) in [4.78, 5) is 11.7. The molecule has 4 heteroatoms. The van der Waals surface area contributed by atoms with Crippen LogP contribution < -0.4 is 0 Å². The van der Waals surface area contributed by atoms with Crippen LogP contribution in [0.2, 0.25) is 0 Å². The molecule has 0 amide bonds. The van der Waals surface area contributed by atoms with E-state index in [2.05, 4.69) is 156 Å². The maximum Gasteiger partial charge on any atom is 0.235 e. The zero-order chi connectivity index (χ0) is 30.5. The molecule has 9 aromatic rings. The van der Waals surface area contributed by atoms with Gasteiger partial charge in [-0.15, -0.1) is 11.3 Å². The van der Waals surface area contributed by atoms with Gasteiger partial charge in [-0.3, -0.25) is 4.57 Å². The van der Waals surface area contributed by atoms with Crippen molar-refractivity contribution < 1.29 is 0 Å². The molecule has 0 saturated carbocycles. The minimum atomic E-state index is 0.661. The molecular formula is C42H27N3S. The van der Waals surface area contributed by atoms with E-state index in [0.29, 0.717) is 5.95 Å². The van der Waals surface area contributed by atoms with Crippen LogP contribution in [0.1, 0.15) is 0 Å². The molecule has 6 aromatic carbocycles. The fourth-order valence-corrected chi connectivity index (χ4v) is 7.94. The number of benzene rings is 6. The third-order valence-electron chi connectivity index (χ3n) is 8.64. The van der Waals surface area contributed by atoms with Gasteiger partial charge in [-0.25, -0.2) is 9.97 Å². The summed E-state index contributed by atoms with van der Waals surface area (Å²) in [5.41, 5.74) is 9.82. The Morgan fingerprint density at radius 1 is 0.435 bits per heavy atom. The highest BCUT2D eigenvalue weighted by Gasteiger charge is 2.23. The Kier molecular flexibility index (Phi) is 6.32. The first kappa shape index (κ1) is 26.6. The normalized spacial score (nSPS) is 11.5. The van der Waals surface area contributed by atoms with Gasteiger partial charge in [-0.2, -0.15) is 0 Å². The van der Waals surface area contributed by atoms with E-state index in [9.17, 15) is 0 Å². The number of aromatic nitrogens is 3. The van der Waals surface area contributed by atoms with Gasteiger partial charge in [0.25, 0.3) is 0 Å². The van der Waals surface area contributed by atoms with Crippen LogP contribution in [0.4, 0.5) is 0 Å². The van der Waals surface area contributed by atoms with E-state index < -0.39 is 0 Å². The summed E-state index contributed by atoms with van der Waals surface area (Å²) in [7, 11) is 0. The molecule has 3 heterocycles. The summed E-state index contributed by atoms with van der Waals surface area (Å²) in [5.74, 6) is 0.661. The first-order chi connectivity index (χ1) is 22.8. The molecule has 0 aliphatic carbocycles. The molecule has 46 heavy (non-hydrogen) atoms. The van der Waals surface area contributed by atoms with Crippen molar-refractivity contribution >= 4 is 43.2 Å². The Hall–Kier alpha value is -5.84. The van der Waals surface area contributed by atoms with Crippen LogP contribution in [0, 0.1) is 0 Å². The second-order valence-corrected chi connectivity index (χ2v) is 12.4. The van der Waals surface area contributed by atoms with E-state index in [0.717, 1.165) is 33.5 Å². The van der Waals surface area contributed by atoms with Gasteiger partial charge in [0.05, 0.1) is 22.4 Å². The summed E-state index contributed by atoms with van der Waals surface area (Å²) in [5, 5.41) is 3.68. The molecule has 216 valence electrons. The van der Waals surface area contributed by atoms with Crippen LogP contribution >= 0.6 is 11.3 Å². The Morgan fingerprint density at radius 2 is 0.957 bits per heavy atom. The van der Waals surface area contributed by atoms with E-state index in [1.807, 2.05) is 23.5 Å². The minimum absolute atomic E-state index is 0.661. The molecule has 0 bridgehead atoms. The van der Waals surface area contributed by atoms with Crippen LogP contribution in [0.15, 0.2) is 164 Å². The summed E-state index contributed by atoms with van der Waals surface area (Å²) in [6.45, 7) is 0. The summed E-state index contributed by atoms with van der Waals surface area (Å²) in [6.07, 6.45) is 0. The number of hydrogen-bond acceptors (Lipinski definition) is 3. The van der Waals surface area contributed by atoms with Crippen molar-refractivity contribution in [2.24, 2.45) is 0 Å². The van der Waals surface area contributed by atoms with E-state index >= 15 is 0 Å². The molecule has 0 spiro atoms. The first-order valence-electron chi connectivity index (χ1n) is 15.4. The molecule has 0 fully saturated rings. The van der Waals surface area contributed by atoms with Crippen molar-refractivity contribution in [2.45, 2.75) is 0 Å². The van der Waals surface area contributed by atoms with E-state index in [-0.39, 0.29) is 0 Å². The Bertz CT molecular complexity index is 2440. The van der Waals surface area contributed by atoms with Crippen molar-refractivity contribution in [1.82, 2.24) is 14.5 Å². The van der Waals surface area contributed by atoms with Crippen molar-refractivity contribution in [1.29, 1.82) is 0 Å². The van der Waals surface area contributed by atoms with Crippen LogP contribution in [-0.2, 0) is 0 Å². The smallest absolute Gasteiger partial charge is 0.235 e. The van der Waals surface area contributed by atoms with Crippen LogP contribution in [0.3, 0.4) is 0 Å². The summed E-state index contributed by atoms with van der Waals surface area (Å²) >= 11 is 1.87. The second-order valence-electron chi connectivity index (χ2n) is 11.4. The molecule has 0 unspecified atom stereocenters. The minimum Gasteiger partial charge on any atom is -0.278 e. The summed E-state index contributed by atoms with van der Waals surface area (Å²) in [6, 6.07) is 57.6. The molecule has 9 rings (SSSR count). The maximum atomic E-state index is 5.23. The topological polar surface area (TPSA) is 30.7 Å². The van der Waals surface area contributed by atoms with Gasteiger partial charge in [-0.05, 0) is 29.3 Å². The quantitative estimate of drug-likeness (QED) is 0.195. The third-order valence-corrected chi connectivity index (χ3v) is 9.92. The van der Waals surface area contributed by atoms with Crippen molar-refractivity contribution in [3.63, 3.8) is 0 Å². The highest BCUT2D eigenvalue weighted by molar-refractivity contribution is 7.24. The largest absolute Gasteiger partial charge is 0.278 e. The lowest BCUT2D eigenvalue weighted by Crippen LogP contribution is -2.03. The maximum absolute atomic E-state index is 5.23. The zero-order valence-electron chi connectivity index (χ0n) is 24.8. The van der Waals surface area contributed by atoms with Crippen molar-refractivity contribution in [3.8, 4) is 50.0 Å². The predicted octanol–water partition coefficient (Wildman–Crippen LogP) is 11.5. The molecule has 3 nitrogen and oxygen atoms in total. The van der Waals surface area contributed by atoms with E-state index in [1.54, 1.807) is 0 Å². The standard InChI is InChI=1S/C42H27N3S/c1-5-15-28(16-6-1)34-27-35(29-17-7-2-8-18-29)44-42(43-34)45-36-24-14-13-23-32(36)39-37(45)26-25-33-38(30-19-9-3-10-20-30)40(46-41(33)39)31-21-11-4-12-22-31/h1-27H. The summed E-state index contributed by atoms with van der Waals surface area (Å²) < 4.78 is 3.51. The zero-order valence-corrected chi connectivity index (χ0v) is 25.7. The lowest BCUT2D eigenvalue weighted by molar-refractivity contribution is 0.996. The number of fused-ring (bicyclic) bond motifs is 5. The molecule has 0 saturated heterocycles. The number of nitrogens with zero attached hydrogens (tertiary/aromatic N) is 3. The average Bonchev–Trinajstić information content (AvgIpc) is 3.69. The predicted molar refractivity (Wildman–Crippen MR) is 193 cm³/mol. The fraction of sp³-hybridized carbons (Fsp3) is 0. The monoisotopic (exact) mass is 605 g/mol. The molecular weight excluding hydrogens is 579 g/mol. The molecule has 0 aliphatic heterocycles. The Labute approximate surface area is 270 Å². The first-order valence-corrected chi connectivity index (χ1v) is 16.2. The Morgan fingerprint density at radius 3 is 1.57 bits per heavy atom. The number of hydrogen-bond donors (Lipinski definition) is 0. The molecule has 0 aliphatic rings. The van der Waals surface area contributed by atoms with Crippen LogP contribution in [-0.4, -0.2) is 14.5 Å². The lowest BCUT2D eigenvalue weighted by atomic mass is 9.98. The van der Waals surface area contributed by atoms with Crippen LogP contribution in [0.5, 0.6) is 0 Å². The molecule has 0 N–H and O–H groups in total.